The van der Waals surface area contributed by atoms with Crippen LogP contribution in [0.25, 0.3) is 0 Å². The molecule has 0 aromatic carbocycles. The highest BCUT2D eigenvalue weighted by molar-refractivity contribution is 7.80. The van der Waals surface area contributed by atoms with E-state index in [1.807, 2.05) is 13.0 Å². The molecule has 0 spiro atoms. The number of nitrogens with zero attached hydrogens (tertiary/aromatic N) is 2. The summed E-state index contributed by atoms with van der Waals surface area (Å²) in [6, 6.07) is 3.62. The summed E-state index contributed by atoms with van der Waals surface area (Å²) >= 11 is 4.90. The third-order valence-electron chi connectivity index (χ3n) is 3.50. The molecular weight excluding hydrogens is 246 g/mol. The lowest BCUT2D eigenvalue weighted by molar-refractivity contribution is 0.319. The summed E-state index contributed by atoms with van der Waals surface area (Å²) in [5.74, 6) is 0. The fourth-order valence-corrected chi connectivity index (χ4v) is 2.54. The maximum Gasteiger partial charge on any atom is 0.261 e. The van der Waals surface area contributed by atoms with Crippen molar-refractivity contribution in [3.8, 4) is 0 Å². The molecule has 1 aromatic rings. The molecule has 1 aliphatic heterocycles. The lowest BCUT2D eigenvalue weighted by atomic mass is 10.2. The van der Waals surface area contributed by atoms with Crippen molar-refractivity contribution in [1.29, 1.82) is 0 Å². The topological polar surface area (TPSA) is 51.3 Å². The van der Waals surface area contributed by atoms with E-state index < -0.39 is 0 Å². The molecule has 98 valence electrons. The van der Waals surface area contributed by atoms with Crippen LogP contribution in [0.2, 0.25) is 0 Å². The van der Waals surface area contributed by atoms with E-state index in [4.69, 9.17) is 18.0 Å². The van der Waals surface area contributed by atoms with Gasteiger partial charge in [-0.05, 0) is 45.0 Å². The first kappa shape index (κ1) is 13.2. The smallest absolute Gasteiger partial charge is 0.261 e. The zero-order chi connectivity index (χ0) is 13.1. The molecule has 0 bridgehead atoms. The van der Waals surface area contributed by atoms with Gasteiger partial charge in [0.25, 0.3) is 5.56 Å². The number of likely N-dealkylation sites (tertiary alicyclic amines) is 1. The lowest BCUT2D eigenvalue weighted by Crippen LogP contribution is -2.34. The molecule has 1 saturated heterocycles. The van der Waals surface area contributed by atoms with Gasteiger partial charge in [0.15, 0.2) is 0 Å². The maximum absolute atomic E-state index is 12.2. The Balaban J connectivity index is 2.18. The van der Waals surface area contributed by atoms with Crippen molar-refractivity contribution in [2.45, 2.75) is 26.3 Å². The number of hydrogen-bond donors (Lipinski definition) is 1. The number of pyridine rings is 1. The SMILES string of the molecule is Cc1ccc(C(N)=S)c(=O)n1CCN1CCCC1. The quantitative estimate of drug-likeness (QED) is 0.821. The minimum Gasteiger partial charge on any atom is -0.389 e. The zero-order valence-electron chi connectivity index (χ0n) is 10.7. The van der Waals surface area contributed by atoms with Gasteiger partial charge in [-0.1, -0.05) is 12.2 Å². The predicted molar refractivity (Wildman–Crippen MR) is 77.0 cm³/mol. The lowest BCUT2D eigenvalue weighted by Gasteiger charge is -2.17. The molecule has 5 heteroatoms. The Labute approximate surface area is 112 Å². The van der Waals surface area contributed by atoms with Crippen LogP contribution in [0, 0.1) is 6.92 Å². The van der Waals surface area contributed by atoms with E-state index >= 15 is 0 Å². The molecule has 0 atom stereocenters. The summed E-state index contributed by atoms with van der Waals surface area (Å²) in [5, 5.41) is 0. The van der Waals surface area contributed by atoms with Crippen molar-refractivity contribution in [3.63, 3.8) is 0 Å². The second kappa shape index (κ2) is 5.63. The first-order chi connectivity index (χ1) is 8.59. The number of thiocarbonyl (C=S) groups is 1. The molecular formula is C13H19N3OS. The summed E-state index contributed by atoms with van der Waals surface area (Å²) in [7, 11) is 0. The summed E-state index contributed by atoms with van der Waals surface area (Å²) in [5.41, 5.74) is 6.89. The van der Waals surface area contributed by atoms with Crippen LogP contribution in [0.15, 0.2) is 16.9 Å². The van der Waals surface area contributed by atoms with Crippen molar-refractivity contribution in [2.24, 2.45) is 5.73 Å². The number of aryl methyl sites for hydroxylation is 1. The van der Waals surface area contributed by atoms with Crippen molar-refractivity contribution >= 4 is 17.2 Å². The standard InChI is InChI=1S/C13H19N3OS/c1-10-4-5-11(12(14)18)13(17)16(10)9-8-15-6-2-3-7-15/h4-5H,2-3,6-9H2,1H3,(H2,14,18). The Hall–Kier alpha value is -1.20. The molecule has 1 fully saturated rings. The Morgan fingerprint density at radius 3 is 2.61 bits per heavy atom. The van der Waals surface area contributed by atoms with Crippen molar-refractivity contribution in [3.05, 3.63) is 33.7 Å². The molecule has 0 amide bonds. The normalized spacial score (nSPS) is 16.1. The van der Waals surface area contributed by atoms with Crippen LogP contribution in [0.4, 0.5) is 0 Å². The van der Waals surface area contributed by atoms with Crippen LogP contribution in [-0.2, 0) is 6.54 Å². The van der Waals surface area contributed by atoms with E-state index in [9.17, 15) is 4.79 Å². The molecule has 2 heterocycles. The Kier molecular flexibility index (Phi) is 4.14. The Bertz CT molecular complexity index is 503. The highest BCUT2D eigenvalue weighted by atomic mass is 32.1. The molecule has 4 nitrogen and oxygen atoms in total. The molecule has 2 rings (SSSR count). The molecule has 0 unspecified atom stereocenters. The second-order valence-electron chi connectivity index (χ2n) is 4.76. The number of hydrogen-bond acceptors (Lipinski definition) is 3. The van der Waals surface area contributed by atoms with Gasteiger partial charge >= 0.3 is 0 Å². The van der Waals surface area contributed by atoms with E-state index in [0.717, 1.165) is 25.3 Å². The van der Waals surface area contributed by atoms with E-state index in [1.165, 1.54) is 12.8 Å². The minimum atomic E-state index is -0.0679. The van der Waals surface area contributed by atoms with Gasteiger partial charge in [-0.15, -0.1) is 0 Å². The third-order valence-corrected chi connectivity index (χ3v) is 3.72. The van der Waals surface area contributed by atoms with Gasteiger partial charge in [0.2, 0.25) is 0 Å². The number of aromatic nitrogens is 1. The molecule has 0 saturated carbocycles. The maximum atomic E-state index is 12.2. The monoisotopic (exact) mass is 265 g/mol. The van der Waals surface area contributed by atoms with Crippen LogP contribution in [-0.4, -0.2) is 34.1 Å². The number of nitrogens with two attached hydrogens (primary N) is 1. The third kappa shape index (κ3) is 2.79. The molecule has 0 radical (unpaired) electrons. The van der Waals surface area contributed by atoms with E-state index in [2.05, 4.69) is 4.90 Å². The Morgan fingerprint density at radius 1 is 1.33 bits per heavy atom. The van der Waals surface area contributed by atoms with Gasteiger partial charge in [0.05, 0.1) is 5.56 Å². The largest absolute Gasteiger partial charge is 0.389 e. The van der Waals surface area contributed by atoms with Crippen molar-refractivity contribution in [1.82, 2.24) is 9.47 Å². The van der Waals surface area contributed by atoms with Gasteiger partial charge < -0.3 is 15.2 Å². The zero-order valence-corrected chi connectivity index (χ0v) is 11.5. The van der Waals surface area contributed by atoms with Crippen LogP contribution >= 0.6 is 12.2 Å². The van der Waals surface area contributed by atoms with Gasteiger partial charge in [-0.2, -0.15) is 0 Å². The predicted octanol–water partition coefficient (Wildman–Crippen LogP) is 0.887. The highest BCUT2D eigenvalue weighted by Gasteiger charge is 2.13. The first-order valence-corrected chi connectivity index (χ1v) is 6.73. The van der Waals surface area contributed by atoms with E-state index in [0.29, 0.717) is 12.1 Å². The van der Waals surface area contributed by atoms with Gasteiger partial charge in [0.1, 0.15) is 4.99 Å². The van der Waals surface area contributed by atoms with E-state index in [1.54, 1.807) is 10.6 Å². The molecule has 1 aromatic heterocycles. The first-order valence-electron chi connectivity index (χ1n) is 6.32. The average Bonchev–Trinajstić information content (AvgIpc) is 2.81. The van der Waals surface area contributed by atoms with Gasteiger partial charge in [-0.25, -0.2) is 0 Å². The Morgan fingerprint density at radius 2 is 2.00 bits per heavy atom. The number of rotatable bonds is 4. The summed E-state index contributed by atoms with van der Waals surface area (Å²) in [6.07, 6.45) is 2.53. The molecule has 2 N–H and O–H groups in total. The minimum absolute atomic E-state index is 0.0679. The highest BCUT2D eigenvalue weighted by Crippen LogP contribution is 2.07. The molecule has 0 aliphatic carbocycles. The van der Waals surface area contributed by atoms with Crippen LogP contribution < -0.4 is 11.3 Å². The van der Waals surface area contributed by atoms with Gasteiger partial charge in [0, 0.05) is 18.8 Å². The fraction of sp³-hybridized carbons (Fsp3) is 0.538. The second-order valence-corrected chi connectivity index (χ2v) is 5.20. The van der Waals surface area contributed by atoms with Crippen LogP contribution in [0.3, 0.4) is 0 Å². The van der Waals surface area contributed by atoms with Crippen LogP contribution in [0.1, 0.15) is 24.1 Å². The van der Waals surface area contributed by atoms with E-state index in [-0.39, 0.29) is 10.5 Å². The van der Waals surface area contributed by atoms with Crippen LogP contribution in [0.5, 0.6) is 0 Å². The van der Waals surface area contributed by atoms with Crippen molar-refractivity contribution in [2.75, 3.05) is 19.6 Å². The summed E-state index contributed by atoms with van der Waals surface area (Å²) in [4.78, 5) is 14.8. The molecule has 18 heavy (non-hydrogen) atoms. The summed E-state index contributed by atoms with van der Waals surface area (Å²) in [6.45, 7) is 5.85. The van der Waals surface area contributed by atoms with Crippen molar-refractivity contribution < 1.29 is 0 Å². The van der Waals surface area contributed by atoms with Gasteiger partial charge in [-0.3, -0.25) is 4.79 Å². The average molecular weight is 265 g/mol. The summed E-state index contributed by atoms with van der Waals surface area (Å²) < 4.78 is 1.77. The fourth-order valence-electron chi connectivity index (χ4n) is 2.38. The molecule has 1 aliphatic rings.